The summed E-state index contributed by atoms with van der Waals surface area (Å²) in [4.78, 5) is 18.8. The second kappa shape index (κ2) is 10.2. The predicted molar refractivity (Wildman–Crippen MR) is 137 cm³/mol. The van der Waals surface area contributed by atoms with E-state index in [0.717, 1.165) is 36.9 Å². The molecule has 0 radical (unpaired) electrons. The number of rotatable bonds is 8. The van der Waals surface area contributed by atoms with Crippen molar-refractivity contribution in [1.82, 2.24) is 15.2 Å². The quantitative estimate of drug-likeness (QED) is 0.352. The molecule has 4 aromatic rings. The molecular weight excluding hydrogens is 469 g/mol. The first-order valence-electron chi connectivity index (χ1n) is 12.7. The number of halogens is 1. The van der Waals surface area contributed by atoms with Crippen LogP contribution in [0.3, 0.4) is 0 Å². The standard InChI is InChI=1S/C30H28FN3O3/c31-26-9-5-4-8-22(26)17-34-15-14-20-10-13-24(16-25(20)29(34)21-6-2-1-3-7-21)36-19-28-33-27(18-37-28)30(35)32-23-11-12-23/h1-10,13,16,18,23,29H,11-12,14-15,17,19H2,(H,32,35). The number of hydrogen-bond donors (Lipinski definition) is 1. The molecule has 1 atom stereocenters. The Morgan fingerprint density at radius 2 is 1.89 bits per heavy atom. The lowest BCUT2D eigenvalue weighted by Crippen LogP contribution is -2.36. The van der Waals surface area contributed by atoms with E-state index in [1.807, 2.05) is 36.4 Å². The zero-order valence-corrected chi connectivity index (χ0v) is 20.4. The fourth-order valence-electron chi connectivity index (χ4n) is 4.89. The molecule has 2 aliphatic rings. The van der Waals surface area contributed by atoms with Gasteiger partial charge in [-0.05, 0) is 54.2 Å². The summed E-state index contributed by atoms with van der Waals surface area (Å²) in [5.41, 5.74) is 4.49. The molecule has 6 nitrogen and oxygen atoms in total. The number of amides is 1. The highest BCUT2D eigenvalue weighted by molar-refractivity contribution is 5.92. The molecule has 1 saturated carbocycles. The van der Waals surface area contributed by atoms with Crippen molar-refractivity contribution in [3.8, 4) is 5.75 Å². The summed E-state index contributed by atoms with van der Waals surface area (Å²) in [5.74, 6) is 0.634. The molecule has 1 aliphatic heterocycles. The molecular formula is C30H28FN3O3. The fourth-order valence-corrected chi connectivity index (χ4v) is 4.89. The van der Waals surface area contributed by atoms with Gasteiger partial charge in [0.2, 0.25) is 5.89 Å². The lowest BCUT2D eigenvalue weighted by atomic mass is 9.87. The van der Waals surface area contributed by atoms with Gasteiger partial charge in [0.15, 0.2) is 12.3 Å². The number of benzene rings is 3. The number of ether oxygens (including phenoxy) is 1. The number of oxazole rings is 1. The van der Waals surface area contributed by atoms with E-state index >= 15 is 0 Å². The number of hydrogen-bond acceptors (Lipinski definition) is 5. The van der Waals surface area contributed by atoms with Crippen LogP contribution < -0.4 is 10.1 Å². The molecule has 0 spiro atoms. The molecule has 188 valence electrons. The molecule has 37 heavy (non-hydrogen) atoms. The molecule has 3 aromatic carbocycles. The third-order valence-corrected chi connectivity index (χ3v) is 6.95. The fraction of sp³-hybridized carbons (Fsp3) is 0.267. The summed E-state index contributed by atoms with van der Waals surface area (Å²) in [6.45, 7) is 1.45. The summed E-state index contributed by atoms with van der Waals surface area (Å²) >= 11 is 0. The second-order valence-electron chi connectivity index (χ2n) is 9.65. The zero-order valence-electron chi connectivity index (χ0n) is 20.4. The lowest BCUT2D eigenvalue weighted by molar-refractivity contribution is 0.0946. The molecule has 1 amide bonds. The number of nitrogens with zero attached hydrogens (tertiary/aromatic N) is 2. The Balaban J connectivity index is 1.23. The van der Waals surface area contributed by atoms with E-state index in [1.165, 1.54) is 17.9 Å². The Bertz CT molecular complexity index is 1400. The van der Waals surface area contributed by atoms with Crippen LogP contribution in [0.15, 0.2) is 83.5 Å². The minimum Gasteiger partial charge on any atom is -0.484 e. The van der Waals surface area contributed by atoms with Gasteiger partial charge in [-0.1, -0.05) is 54.6 Å². The van der Waals surface area contributed by atoms with Gasteiger partial charge < -0.3 is 14.5 Å². The van der Waals surface area contributed by atoms with Crippen molar-refractivity contribution in [2.75, 3.05) is 6.54 Å². The van der Waals surface area contributed by atoms with E-state index in [2.05, 4.69) is 39.5 Å². The summed E-state index contributed by atoms with van der Waals surface area (Å²) in [5, 5.41) is 2.91. The van der Waals surface area contributed by atoms with Gasteiger partial charge in [-0.2, -0.15) is 0 Å². The molecule has 6 rings (SSSR count). The maximum Gasteiger partial charge on any atom is 0.273 e. The van der Waals surface area contributed by atoms with Crippen LogP contribution in [0.4, 0.5) is 4.39 Å². The van der Waals surface area contributed by atoms with Crippen molar-refractivity contribution in [1.29, 1.82) is 0 Å². The van der Waals surface area contributed by atoms with E-state index in [4.69, 9.17) is 9.15 Å². The number of fused-ring (bicyclic) bond motifs is 1. The van der Waals surface area contributed by atoms with Crippen molar-refractivity contribution in [3.05, 3.63) is 119 Å². The molecule has 1 aromatic heterocycles. The van der Waals surface area contributed by atoms with Crippen LogP contribution in [0.2, 0.25) is 0 Å². The highest BCUT2D eigenvalue weighted by atomic mass is 19.1. The van der Waals surface area contributed by atoms with Gasteiger partial charge in [-0.15, -0.1) is 0 Å². The number of carbonyl (C=O) groups is 1. The van der Waals surface area contributed by atoms with E-state index in [0.29, 0.717) is 23.7 Å². The first kappa shape index (κ1) is 23.4. The van der Waals surface area contributed by atoms with Gasteiger partial charge in [-0.25, -0.2) is 9.37 Å². The van der Waals surface area contributed by atoms with Crippen LogP contribution in [-0.4, -0.2) is 28.4 Å². The Kier molecular flexibility index (Phi) is 6.45. The topological polar surface area (TPSA) is 67.6 Å². The average molecular weight is 498 g/mol. The molecule has 0 saturated heterocycles. The van der Waals surface area contributed by atoms with Gasteiger partial charge in [0, 0.05) is 24.7 Å². The molecule has 1 fully saturated rings. The minimum absolute atomic E-state index is 0.0347. The molecule has 1 N–H and O–H groups in total. The smallest absolute Gasteiger partial charge is 0.273 e. The van der Waals surface area contributed by atoms with E-state index < -0.39 is 0 Å². The van der Waals surface area contributed by atoms with Crippen LogP contribution in [-0.2, 0) is 19.6 Å². The maximum atomic E-state index is 14.5. The Labute approximate surface area is 215 Å². The highest BCUT2D eigenvalue weighted by Crippen LogP contribution is 2.38. The van der Waals surface area contributed by atoms with E-state index in [1.54, 1.807) is 6.07 Å². The molecule has 7 heteroatoms. The van der Waals surface area contributed by atoms with Crippen LogP contribution in [0.25, 0.3) is 0 Å². The first-order valence-corrected chi connectivity index (χ1v) is 12.7. The third kappa shape index (κ3) is 5.27. The van der Waals surface area contributed by atoms with Gasteiger partial charge in [0.25, 0.3) is 5.91 Å². The van der Waals surface area contributed by atoms with Gasteiger partial charge >= 0.3 is 0 Å². The van der Waals surface area contributed by atoms with Crippen molar-refractivity contribution in [3.63, 3.8) is 0 Å². The summed E-state index contributed by atoms with van der Waals surface area (Å²) in [7, 11) is 0. The minimum atomic E-state index is -0.216. The molecule has 0 bridgehead atoms. The van der Waals surface area contributed by atoms with E-state index in [9.17, 15) is 9.18 Å². The largest absolute Gasteiger partial charge is 0.484 e. The van der Waals surface area contributed by atoms with Gasteiger partial charge in [0.1, 0.15) is 17.8 Å². The van der Waals surface area contributed by atoms with Crippen molar-refractivity contribution in [2.24, 2.45) is 0 Å². The second-order valence-corrected chi connectivity index (χ2v) is 9.65. The van der Waals surface area contributed by atoms with Crippen LogP contribution in [0.1, 0.15) is 57.5 Å². The van der Waals surface area contributed by atoms with Crippen molar-refractivity contribution in [2.45, 2.75) is 44.5 Å². The Morgan fingerprint density at radius 1 is 1.08 bits per heavy atom. The van der Waals surface area contributed by atoms with Crippen molar-refractivity contribution < 1.29 is 18.3 Å². The maximum absolute atomic E-state index is 14.5. The predicted octanol–water partition coefficient (Wildman–Crippen LogP) is 5.43. The molecule has 1 aliphatic carbocycles. The summed E-state index contributed by atoms with van der Waals surface area (Å²) < 4.78 is 26.0. The number of nitrogens with one attached hydrogen (secondary N) is 1. The molecule has 1 unspecified atom stereocenters. The normalized spacial score (nSPS) is 17.3. The number of aromatic nitrogens is 1. The first-order chi connectivity index (χ1) is 18.1. The average Bonchev–Trinajstić information content (AvgIpc) is 3.61. The summed E-state index contributed by atoms with van der Waals surface area (Å²) in [6.07, 6.45) is 4.26. The Morgan fingerprint density at radius 3 is 2.70 bits per heavy atom. The van der Waals surface area contributed by atoms with Crippen LogP contribution in [0, 0.1) is 5.82 Å². The van der Waals surface area contributed by atoms with Crippen LogP contribution >= 0.6 is 0 Å². The lowest BCUT2D eigenvalue weighted by Gasteiger charge is -2.38. The van der Waals surface area contributed by atoms with Crippen molar-refractivity contribution >= 4 is 5.91 Å². The summed E-state index contributed by atoms with van der Waals surface area (Å²) in [6, 6.07) is 23.6. The Hall–Kier alpha value is -3.97. The number of carbonyl (C=O) groups excluding carboxylic acids is 1. The van der Waals surface area contributed by atoms with Gasteiger partial charge in [-0.3, -0.25) is 9.69 Å². The third-order valence-electron chi connectivity index (χ3n) is 6.95. The SMILES string of the molecule is O=C(NC1CC1)c1coc(COc2ccc3c(c2)C(c2ccccc2)N(Cc2ccccc2F)CC3)n1. The van der Waals surface area contributed by atoms with E-state index in [-0.39, 0.29) is 36.1 Å². The molecule has 2 heterocycles. The highest BCUT2D eigenvalue weighted by Gasteiger charge is 2.30. The zero-order chi connectivity index (χ0) is 25.2. The monoisotopic (exact) mass is 497 g/mol. The van der Waals surface area contributed by atoms with Crippen LogP contribution in [0.5, 0.6) is 5.75 Å². The van der Waals surface area contributed by atoms with Gasteiger partial charge in [0.05, 0.1) is 6.04 Å².